The van der Waals surface area contributed by atoms with E-state index in [1.807, 2.05) is 37.3 Å². The van der Waals surface area contributed by atoms with E-state index in [4.69, 9.17) is 4.74 Å². The zero-order chi connectivity index (χ0) is 19.4. The molecule has 2 aromatic rings. The topological polar surface area (TPSA) is 50.7 Å². The number of amidine groups is 1. The van der Waals surface area contributed by atoms with Crippen LogP contribution in [0.25, 0.3) is 6.08 Å². The van der Waals surface area contributed by atoms with Crippen molar-refractivity contribution in [2.45, 2.75) is 20.3 Å². The maximum absolute atomic E-state index is 12.3. The van der Waals surface area contributed by atoms with Gasteiger partial charge in [-0.15, -0.1) is 0 Å². The van der Waals surface area contributed by atoms with Gasteiger partial charge in [0.25, 0.3) is 5.91 Å². The van der Waals surface area contributed by atoms with Crippen molar-refractivity contribution in [1.82, 2.24) is 5.32 Å². The molecule has 0 aromatic heterocycles. The number of hydrogen-bond acceptors (Lipinski definition) is 4. The van der Waals surface area contributed by atoms with Crippen molar-refractivity contribution in [2.24, 2.45) is 4.99 Å². The monoisotopic (exact) mass is 604 g/mol. The number of aliphatic imine (C=N–C) groups is 1. The molecule has 3 rings (SSSR count). The zero-order valence-corrected chi connectivity index (χ0v) is 20.0. The number of halogens is 2. The number of rotatable bonds is 5. The number of amides is 1. The van der Waals surface area contributed by atoms with E-state index < -0.39 is 0 Å². The fourth-order valence-electron chi connectivity index (χ4n) is 2.50. The molecule has 1 aliphatic heterocycles. The van der Waals surface area contributed by atoms with E-state index in [-0.39, 0.29) is 5.91 Å². The SMILES string of the molecule is CCOc1c(I)cc(/C=C2\SC(=Nc3ccc(CC)cc3)NC2=O)cc1I. The summed E-state index contributed by atoms with van der Waals surface area (Å²) >= 11 is 5.88. The second-order valence-electron chi connectivity index (χ2n) is 5.75. The second-order valence-corrected chi connectivity index (χ2v) is 9.10. The molecule has 27 heavy (non-hydrogen) atoms. The van der Waals surface area contributed by atoms with Gasteiger partial charge in [-0.05, 0) is 112 Å². The first kappa shape index (κ1) is 20.7. The first-order valence-electron chi connectivity index (χ1n) is 8.50. The van der Waals surface area contributed by atoms with Crippen LogP contribution in [0.2, 0.25) is 0 Å². The van der Waals surface area contributed by atoms with Crippen LogP contribution in [-0.2, 0) is 11.2 Å². The first-order valence-corrected chi connectivity index (χ1v) is 11.5. The molecule has 1 amide bonds. The molecule has 0 saturated carbocycles. The highest BCUT2D eigenvalue weighted by atomic mass is 127. The summed E-state index contributed by atoms with van der Waals surface area (Å²) in [5.74, 6) is 0.769. The molecule has 4 nitrogen and oxygen atoms in total. The summed E-state index contributed by atoms with van der Waals surface area (Å²) in [4.78, 5) is 17.5. The van der Waals surface area contributed by atoms with Gasteiger partial charge >= 0.3 is 0 Å². The summed E-state index contributed by atoms with van der Waals surface area (Å²) in [5, 5.41) is 3.44. The number of carbonyl (C=O) groups is 1. The molecular formula is C20H18I2N2O2S. The Balaban J connectivity index is 1.81. The van der Waals surface area contributed by atoms with Crippen molar-refractivity contribution in [3.8, 4) is 5.75 Å². The maximum Gasteiger partial charge on any atom is 0.264 e. The van der Waals surface area contributed by atoms with Crippen LogP contribution in [0, 0.1) is 7.14 Å². The van der Waals surface area contributed by atoms with Crippen molar-refractivity contribution in [3.05, 3.63) is 59.6 Å². The molecule has 1 saturated heterocycles. The number of carbonyl (C=O) groups excluding carboxylic acids is 1. The summed E-state index contributed by atoms with van der Waals surface area (Å²) in [6, 6.07) is 12.1. The molecule has 140 valence electrons. The lowest BCUT2D eigenvalue weighted by molar-refractivity contribution is -0.115. The molecule has 7 heteroatoms. The van der Waals surface area contributed by atoms with Gasteiger partial charge in [0.15, 0.2) is 5.17 Å². The number of hydrogen-bond donors (Lipinski definition) is 1. The van der Waals surface area contributed by atoms with Crippen LogP contribution in [0.1, 0.15) is 25.0 Å². The summed E-state index contributed by atoms with van der Waals surface area (Å²) < 4.78 is 7.73. The zero-order valence-electron chi connectivity index (χ0n) is 14.9. The number of nitrogens with one attached hydrogen (secondary N) is 1. The molecule has 0 unspecified atom stereocenters. The molecule has 0 spiro atoms. The largest absolute Gasteiger partial charge is 0.492 e. The molecule has 0 radical (unpaired) electrons. The second kappa shape index (κ2) is 9.42. The van der Waals surface area contributed by atoms with Crippen LogP contribution < -0.4 is 10.1 Å². The molecule has 1 heterocycles. The highest BCUT2D eigenvalue weighted by Gasteiger charge is 2.24. The summed E-state index contributed by atoms with van der Waals surface area (Å²) in [6.45, 7) is 4.72. The van der Waals surface area contributed by atoms with E-state index in [0.717, 1.165) is 30.6 Å². The van der Waals surface area contributed by atoms with Gasteiger partial charge in [0, 0.05) is 0 Å². The molecule has 2 aromatic carbocycles. The van der Waals surface area contributed by atoms with Crippen molar-refractivity contribution in [1.29, 1.82) is 0 Å². The molecule has 1 fully saturated rings. The van der Waals surface area contributed by atoms with E-state index in [0.29, 0.717) is 16.7 Å². The highest BCUT2D eigenvalue weighted by Crippen LogP contribution is 2.32. The van der Waals surface area contributed by atoms with Crippen LogP contribution in [0.5, 0.6) is 5.75 Å². The lowest BCUT2D eigenvalue weighted by Crippen LogP contribution is -2.19. The quantitative estimate of drug-likeness (QED) is 0.350. The van der Waals surface area contributed by atoms with E-state index in [9.17, 15) is 4.79 Å². The Morgan fingerprint density at radius 1 is 1.15 bits per heavy atom. The van der Waals surface area contributed by atoms with Crippen molar-refractivity contribution < 1.29 is 9.53 Å². The molecule has 1 aliphatic rings. The summed E-state index contributed by atoms with van der Waals surface area (Å²) in [7, 11) is 0. The Morgan fingerprint density at radius 3 is 2.41 bits per heavy atom. The van der Waals surface area contributed by atoms with E-state index in [1.165, 1.54) is 17.3 Å². The van der Waals surface area contributed by atoms with Crippen LogP contribution >= 0.6 is 56.9 Å². The van der Waals surface area contributed by atoms with Gasteiger partial charge in [-0.2, -0.15) is 0 Å². The average molecular weight is 604 g/mol. The van der Waals surface area contributed by atoms with E-state index in [1.54, 1.807) is 0 Å². The number of aryl methyl sites for hydroxylation is 1. The van der Waals surface area contributed by atoms with Gasteiger partial charge in [0.05, 0.1) is 24.3 Å². The molecule has 0 atom stereocenters. The van der Waals surface area contributed by atoms with Crippen LogP contribution in [0.4, 0.5) is 5.69 Å². The third kappa shape index (κ3) is 5.26. The Morgan fingerprint density at radius 2 is 1.81 bits per heavy atom. The Bertz CT molecular complexity index is 901. The van der Waals surface area contributed by atoms with Crippen LogP contribution in [-0.4, -0.2) is 17.7 Å². The molecule has 0 bridgehead atoms. The first-order chi connectivity index (χ1) is 13.0. The van der Waals surface area contributed by atoms with Crippen LogP contribution in [0.15, 0.2) is 46.3 Å². The van der Waals surface area contributed by atoms with Gasteiger partial charge in [0.2, 0.25) is 0 Å². The van der Waals surface area contributed by atoms with Crippen molar-refractivity contribution in [3.63, 3.8) is 0 Å². The fraction of sp³-hybridized carbons (Fsp3) is 0.200. The molecule has 0 aliphatic carbocycles. The number of ether oxygens (including phenoxy) is 1. The minimum atomic E-state index is -0.122. The normalized spacial score (nSPS) is 16.8. The average Bonchev–Trinajstić information content (AvgIpc) is 2.98. The fourth-order valence-corrected chi connectivity index (χ4v) is 5.47. The Labute approximate surface area is 190 Å². The van der Waals surface area contributed by atoms with Crippen molar-refractivity contribution in [2.75, 3.05) is 6.61 Å². The summed E-state index contributed by atoms with van der Waals surface area (Å²) in [5.41, 5.74) is 3.07. The lowest BCUT2D eigenvalue weighted by atomic mass is 10.2. The Hall–Kier alpha value is -1.07. The highest BCUT2D eigenvalue weighted by molar-refractivity contribution is 14.1. The van der Waals surface area contributed by atoms with Gasteiger partial charge in [-0.3, -0.25) is 4.79 Å². The third-order valence-electron chi connectivity index (χ3n) is 3.83. The van der Waals surface area contributed by atoms with Crippen molar-refractivity contribution >= 4 is 79.8 Å². The smallest absolute Gasteiger partial charge is 0.264 e. The van der Waals surface area contributed by atoms with E-state index >= 15 is 0 Å². The molecular weight excluding hydrogens is 586 g/mol. The van der Waals surface area contributed by atoms with Gasteiger partial charge < -0.3 is 10.1 Å². The lowest BCUT2D eigenvalue weighted by Gasteiger charge is -2.09. The van der Waals surface area contributed by atoms with Gasteiger partial charge in [0.1, 0.15) is 5.75 Å². The minimum absolute atomic E-state index is 0.122. The Kier molecular flexibility index (Phi) is 7.21. The number of thioether (sulfide) groups is 1. The van der Waals surface area contributed by atoms with Gasteiger partial charge in [-0.1, -0.05) is 19.1 Å². The number of benzene rings is 2. The predicted octanol–water partition coefficient (Wildman–Crippen LogP) is 5.75. The summed E-state index contributed by atoms with van der Waals surface area (Å²) in [6.07, 6.45) is 2.89. The van der Waals surface area contributed by atoms with Gasteiger partial charge in [-0.25, -0.2) is 4.99 Å². The van der Waals surface area contributed by atoms with Crippen LogP contribution in [0.3, 0.4) is 0 Å². The maximum atomic E-state index is 12.3. The minimum Gasteiger partial charge on any atom is -0.492 e. The number of nitrogens with zero attached hydrogens (tertiary/aromatic N) is 1. The third-order valence-corrected chi connectivity index (χ3v) is 6.35. The van der Waals surface area contributed by atoms with E-state index in [2.05, 4.69) is 74.5 Å². The predicted molar refractivity (Wildman–Crippen MR) is 130 cm³/mol. The standard InChI is InChI=1S/C20H18I2N2O2S/c1-3-12-5-7-14(8-6-12)23-20-24-19(25)17(27-20)11-13-9-15(21)18(26-4-2)16(22)10-13/h5-11H,3-4H2,1-2H3,(H,23,24,25)/b17-11-. The molecule has 1 N–H and O–H groups in total.